The van der Waals surface area contributed by atoms with Gasteiger partial charge in [0.15, 0.2) is 11.3 Å². The van der Waals surface area contributed by atoms with E-state index in [0.717, 1.165) is 16.5 Å². The first-order chi connectivity index (χ1) is 10.2. The summed E-state index contributed by atoms with van der Waals surface area (Å²) in [6.45, 7) is 4.45. The molecule has 0 N–H and O–H groups in total. The molecule has 3 heteroatoms. The highest BCUT2D eigenvalue weighted by molar-refractivity contribution is 5.86. The fourth-order valence-electron chi connectivity index (χ4n) is 2.32. The van der Waals surface area contributed by atoms with Crippen molar-refractivity contribution >= 4 is 11.0 Å². The van der Waals surface area contributed by atoms with Gasteiger partial charge in [-0.2, -0.15) is 0 Å². The zero-order valence-electron chi connectivity index (χ0n) is 12.1. The minimum Gasteiger partial charge on any atom is -0.490 e. The van der Waals surface area contributed by atoms with Gasteiger partial charge in [0.1, 0.15) is 0 Å². The SMILES string of the molecule is CCOc1cccc2cc(-c3ccc(C)cc3)c(=O)oc12. The summed E-state index contributed by atoms with van der Waals surface area (Å²) in [5.74, 6) is 0.600. The van der Waals surface area contributed by atoms with Crippen LogP contribution in [0.1, 0.15) is 12.5 Å². The van der Waals surface area contributed by atoms with Crippen LogP contribution in [0.4, 0.5) is 0 Å². The van der Waals surface area contributed by atoms with Crippen molar-refractivity contribution in [1.82, 2.24) is 0 Å². The zero-order chi connectivity index (χ0) is 14.8. The van der Waals surface area contributed by atoms with Gasteiger partial charge in [-0.15, -0.1) is 0 Å². The summed E-state index contributed by atoms with van der Waals surface area (Å²) in [6, 6.07) is 15.3. The molecule has 0 aliphatic carbocycles. The van der Waals surface area contributed by atoms with E-state index in [9.17, 15) is 4.79 Å². The van der Waals surface area contributed by atoms with Gasteiger partial charge in [0, 0.05) is 5.39 Å². The number of rotatable bonds is 3. The fraction of sp³-hybridized carbons (Fsp3) is 0.167. The highest BCUT2D eigenvalue weighted by Crippen LogP contribution is 2.27. The van der Waals surface area contributed by atoms with Crippen molar-refractivity contribution in [1.29, 1.82) is 0 Å². The molecule has 0 amide bonds. The van der Waals surface area contributed by atoms with Gasteiger partial charge in [0.25, 0.3) is 0 Å². The van der Waals surface area contributed by atoms with E-state index >= 15 is 0 Å². The van der Waals surface area contributed by atoms with E-state index in [4.69, 9.17) is 9.15 Å². The maximum atomic E-state index is 12.3. The van der Waals surface area contributed by atoms with E-state index in [-0.39, 0.29) is 5.63 Å². The Morgan fingerprint density at radius 2 is 1.86 bits per heavy atom. The van der Waals surface area contributed by atoms with Crippen molar-refractivity contribution in [2.45, 2.75) is 13.8 Å². The van der Waals surface area contributed by atoms with Crippen LogP contribution < -0.4 is 10.4 Å². The molecule has 106 valence electrons. The Hall–Kier alpha value is -2.55. The summed E-state index contributed by atoms with van der Waals surface area (Å²) in [5.41, 5.74) is 2.73. The van der Waals surface area contributed by atoms with E-state index in [1.54, 1.807) is 6.07 Å². The lowest BCUT2D eigenvalue weighted by molar-refractivity contribution is 0.337. The van der Waals surface area contributed by atoms with Crippen molar-refractivity contribution in [3.63, 3.8) is 0 Å². The molecule has 0 radical (unpaired) electrons. The monoisotopic (exact) mass is 280 g/mol. The second kappa shape index (κ2) is 5.44. The highest BCUT2D eigenvalue weighted by atomic mass is 16.5. The van der Waals surface area contributed by atoms with Crippen LogP contribution in [0, 0.1) is 6.92 Å². The lowest BCUT2D eigenvalue weighted by Crippen LogP contribution is -2.03. The molecular formula is C18H16O3. The Morgan fingerprint density at radius 1 is 1.10 bits per heavy atom. The summed E-state index contributed by atoms with van der Waals surface area (Å²) in [7, 11) is 0. The summed E-state index contributed by atoms with van der Waals surface area (Å²) < 4.78 is 11.0. The number of aryl methyl sites for hydroxylation is 1. The molecule has 21 heavy (non-hydrogen) atoms. The number of hydrogen-bond acceptors (Lipinski definition) is 3. The summed E-state index contributed by atoms with van der Waals surface area (Å²) in [6.07, 6.45) is 0. The molecule has 0 aliphatic heterocycles. The molecule has 3 rings (SSSR count). The number of fused-ring (bicyclic) bond motifs is 1. The van der Waals surface area contributed by atoms with Crippen molar-refractivity contribution in [3.05, 3.63) is 64.5 Å². The maximum Gasteiger partial charge on any atom is 0.344 e. The number of ether oxygens (including phenoxy) is 1. The molecule has 0 spiro atoms. The largest absolute Gasteiger partial charge is 0.490 e. The van der Waals surface area contributed by atoms with Crippen LogP contribution in [0.5, 0.6) is 5.75 Å². The smallest absolute Gasteiger partial charge is 0.344 e. The third-order valence-electron chi connectivity index (χ3n) is 3.39. The van der Waals surface area contributed by atoms with Gasteiger partial charge < -0.3 is 9.15 Å². The van der Waals surface area contributed by atoms with E-state index in [2.05, 4.69) is 0 Å². The quantitative estimate of drug-likeness (QED) is 0.676. The average Bonchev–Trinajstić information content (AvgIpc) is 2.49. The second-order valence-corrected chi connectivity index (χ2v) is 4.92. The molecule has 1 aromatic heterocycles. The Morgan fingerprint density at radius 3 is 2.57 bits per heavy atom. The lowest BCUT2D eigenvalue weighted by atomic mass is 10.0. The van der Waals surface area contributed by atoms with Gasteiger partial charge in [-0.05, 0) is 31.5 Å². The van der Waals surface area contributed by atoms with Crippen molar-refractivity contribution < 1.29 is 9.15 Å². The van der Waals surface area contributed by atoms with Gasteiger partial charge in [-0.25, -0.2) is 4.79 Å². The van der Waals surface area contributed by atoms with Crippen LogP contribution in [0.3, 0.4) is 0 Å². The predicted octanol–water partition coefficient (Wildman–Crippen LogP) is 4.17. The molecule has 1 heterocycles. The van der Waals surface area contributed by atoms with E-state index in [1.165, 1.54) is 0 Å². The summed E-state index contributed by atoms with van der Waals surface area (Å²) in [4.78, 5) is 12.3. The van der Waals surface area contributed by atoms with Crippen LogP contribution in [-0.4, -0.2) is 6.61 Å². The van der Waals surface area contributed by atoms with Gasteiger partial charge in [-0.3, -0.25) is 0 Å². The molecule has 0 aliphatic rings. The third-order valence-corrected chi connectivity index (χ3v) is 3.39. The summed E-state index contributed by atoms with van der Waals surface area (Å²) in [5, 5.41) is 0.858. The molecule has 0 bridgehead atoms. The second-order valence-electron chi connectivity index (χ2n) is 4.92. The standard InChI is InChI=1S/C18H16O3/c1-3-20-16-6-4-5-14-11-15(18(19)21-17(14)16)13-9-7-12(2)8-10-13/h4-11H,3H2,1-2H3. The number of benzene rings is 2. The Labute approximate surface area is 122 Å². The molecule has 3 aromatic rings. The van der Waals surface area contributed by atoms with E-state index in [0.29, 0.717) is 23.5 Å². The van der Waals surface area contributed by atoms with E-state index in [1.807, 2.05) is 56.3 Å². The highest BCUT2D eigenvalue weighted by Gasteiger charge is 2.10. The van der Waals surface area contributed by atoms with Crippen molar-refractivity contribution in [2.75, 3.05) is 6.61 Å². The number of para-hydroxylation sites is 1. The van der Waals surface area contributed by atoms with Gasteiger partial charge >= 0.3 is 5.63 Å². The minimum atomic E-state index is -0.349. The van der Waals surface area contributed by atoms with Gasteiger partial charge in [0.2, 0.25) is 0 Å². The molecule has 3 nitrogen and oxygen atoms in total. The lowest BCUT2D eigenvalue weighted by Gasteiger charge is -2.07. The third kappa shape index (κ3) is 2.55. The zero-order valence-corrected chi connectivity index (χ0v) is 12.1. The van der Waals surface area contributed by atoms with Crippen LogP contribution in [0.25, 0.3) is 22.1 Å². The van der Waals surface area contributed by atoms with Crippen molar-refractivity contribution in [2.24, 2.45) is 0 Å². The normalized spacial score (nSPS) is 10.8. The topological polar surface area (TPSA) is 39.4 Å². The van der Waals surface area contributed by atoms with Crippen LogP contribution in [0.15, 0.2) is 57.7 Å². The molecular weight excluding hydrogens is 264 g/mol. The van der Waals surface area contributed by atoms with Crippen LogP contribution in [0.2, 0.25) is 0 Å². The first-order valence-electron chi connectivity index (χ1n) is 6.96. The molecule has 0 unspecified atom stereocenters. The minimum absolute atomic E-state index is 0.349. The molecule has 2 aromatic carbocycles. The molecule has 0 saturated carbocycles. The first kappa shape index (κ1) is 13.4. The van der Waals surface area contributed by atoms with Crippen molar-refractivity contribution in [3.8, 4) is 16.9 Å². The molecule has 0 saturated heterocycles. The Bertz CT molecular complexity index is 829. The Kier molecular flexibility index (Phi) is 3.48. The predicted molar refractivity (Wildman–Crippen MR) is 83.8 cm³/mol. The average molecular weight is 280 g/mol. The Balaban J connectivity index is 2.20. The van der Waals surface area contributed by atoms with Gasteiger partial charge in [-0.1, -0.05) is 42.0 Å². The summed E-state index contributed by atoms with van der Waals surface area (Å²) >= 11 is 0. The molecule has 0 atom stereocenters. The maximum absolute atomic E-state index is 12.3. The van der Waals surface area contributed by atoms with E-state index < -0.39 is 0 Å². The molecule has 0 fully saturated rings. The fourth-order valence-corrected chi connectivity index (χ4v) is 2.32. The van der Waals surface area contributed by atoms with Crippen LogP contribution >= 0.6 is 0 Å². The van der Waals surface area contributed by atoms with Gasteiger partial charge in [0.05, 0.1) is 12.2 Å². The van der Waals surface area contributed by atoms with Crippen LogP contribution in [-0.2, 0) is 0 Å². The number of hydrogen-bond donors (Lipinski definition) is 0. The first-order valence-corrected chi connectivity index (χ1v) is 6.96.